The van der Waals surface area contributed by atoms with Crippen molar-refractivity contribution in [1.29, 1.82) is 0 Å². The molecule has 0 aliphatic carbocycles. The molecular weight excluding hydrogens is 310 g/mol. The summed E-state index contributed by atoms with van der Waals surface area (Å²) >= 11 is 6.11. The molecular formula is C18H22ClN3O. The average Bonchev–Trinajstić information content (AvgIpc) is 2.54. The van der Waals surface area contributed by atoms with E-state index in [9.17, 15) is 4.79 Å². The molecule has 2 aromatic rings. The molecule has 1 amide bonds. The zero-order chi connectivity index (χ0) is 16.7. The number of anilines is 1. The molecule has 23 heavy (non-hydrogen) atoms. The number of hydrogen-bond acceptors (Lipinski definition) is 3. The summed E-state index contributed by atoms with van der Waals surface area (Å²) in [6.07, 6.45) is 2.55. The van der Waals surface area contributed by atoms with Crippen LogP contribution in [0.5, 0.6) is 0 Å². The smallest absolute Gasteiger partial charge is 0.252 e. The highest BCUT2D eigenvalue weighted by atomic mass is 35.5. The Morgan fingerprint density at radius 1 is 1.22 bits per heavy atom. The minimum absolute atomic E-state index is 0.0872. The van der Waals surface area contributed by atoms with Gasteiger partial charge in [-0.1, -0.05) is 43.6 Å². The largest absolute Gasteiger partial charge is 0.366 e. The van der Waals surface area contributed by atoms with Gasteiger partial charge in [-0.3, -0.25) is 4.79 Å². The molecule has 0 fully saturated rings. The third-order valence-electron chi connectivity index (χ3n) is 3.45. The van der Waals surface area contributed by atoms with Gasteiger partial charge in [0, 0.05) is 24.3 Å². The Labute approximate surface area is 142 Å². The lowest BCUT2D eigenvalue weighted by Gasteiger charge is -2.09. The van der Waals surface area contributed by atoms with E-state index in [-0.39, 0.29) is 5.91 Å². The first kappa shape index (κ1) is 17.3. The van der Waals surface area contributed by atoms with Crippen molar-refractivity contribution in [2.75, 3.05) is 11.9 Å². The molecule has 0 bridgehead atoms. The number of aromatic nitrogens is 1. The zero-order valence-electron chi connectivity index (χ0n) is 13.5. The van der Waals surface area contributed by atoms with Crippen LogP contribution < -0.4 is 10.6 Å². The highest BCUT2D eigenvalue weighted by molar-refractivity contribution is 6.31. The van der Waals surface area contributed by atoms with E-state index in [0.717, 1.165) is 17.0 Å². The molecule has 2 N–H and O–H groups in total. The van der Waals surface area contributed by atoms with Gasteiger partial charge in [-0.25, -0.2) is 4.98 Å². The predicted molar refractivity (Wildman–Crippen MR) is 94.8 cm³/mol. The van der Waals surface area contributed by atoms with E-state index in [1.54, 1.807) is 18.3 Å². The lowest BCUT2D eigenvalue weighted by Crippen LogP contribution is -2.25. The number of carbonyl (C=O) groups excluding carboxylic acids is 1. The fourth-order valence-electron chi connectivity index (χ4n) is 2.04. The molecule has 0 unspecified atom stereocenters. The van der Waals surface area contributed by atoms with Gasteiger partial charge in [-0.05, 0) is 36.1 Å². The molecule has 0 radical (unpaired) electrons. The number of carbonyl (C=O) groups is 1. The molecule has 0 saturated heterocycles. The number of nitrogens with one attached hydrogen (secondary N) is 2. The Bertz CT molecular complexity index is 641. The third kappa shape index (κ3) is 5.57. The summed E-state index contributed by atoms with van der Waals surface area (Å²) in [5, 5.41) is 6.82. The summed E-state index contributed by atoms with van der Waals surface area (Å²) < 4.78 is 0. The molecule has 1 heterocycles. The Balaban J connectivity index is 1.87. The van der Waals surface area contributed by atoms with Crippen molar-refractivity contribution >= 4 is 23.3 Å². The van der Waals surface area contributed by atoms with Gasteiger partial charge in [0.1, 0.15) is 5.82 Å². The summed E-state index contributed by atoms with van der Waals surface area (Å²) in [4.78, 5) is 16.2. The monoisotopic (exact) mass is 331 g/mol. The number of benzene rings is 1. The van der Waals surface area contributed by atoms with Crippen LogP contribution in [0.2, 0.25) is 5.02 Å². The molecule has 4 nitrogen and oxygen atoms in total. The van der Waals surface area contributed by atoms with Crippen LogP contribution in [-0.4, -0.2) is 17.4 Å². The van der Waals surface area contributed by atoms with Gasteiger partial charge in [0.15, 0.2) is 0 Å². The van der Waals surface area contributed by atoms with Crippen LogP contribution in [-0.2, 0) is 6.54 Å². The van der Waals surface area contributed by atoms with Gasteiger partial charge in [0.05, 0.1) is 5.56 Å². The maximum Gasteiger partial charge on any atom is 0.252 e. The van der Waals surface area contributed by atoms with Gasteiger partial charge < -0.3 is 10.6 Å². The number of nitrogens with zero attached hydrogens (tertiary/aromatic N) is 1. The Morgan fingerprint density at radius 2 is 2.00 bits per heavy atom. The Hall–Kier alpha value is -2.07. The Morgan fingerprint density at radius 3 is 2.65 bits per heavy atom. The van der Waals surface area contributed by atoms with E-state index in [4.69, 9.17) is 11.6 Å². The fraction of sp³-hybridized carbons (Fsp3) is 0.333. The first-order chi connectivity index (χ1) is 11.1. The Kier molecular flexibility index (Phi) is 6.41. The third-order valence-corrected chi connectivity index (χ3v) is 3.82. The molecule has 0 spiro atoms. The molecule has 0 aliphatic heterocycles. The number of halogens is 1. The quantitative estimate of drug-likeness (QED) is 0.802. The van der Waals surface area contributed by atoms with Gasteiger partial charge in [-0.2, -0.15) is 0 Å². The molecule has 0 aliphatic rings. The summed E-state index contributed by atoms with van der Waals surface area (Å²) in [5.74, 6) is 1.20. The van der Waals surface area contributed by atoms with Gasteiger partial charge >= 0.3 is 0 Å². The summed E-state index contributed by atoms with van der Waals surface area (Å²) in [6.45, 7) is 5.54. The molecule has 0 atom stereocenters. The number of amides is 1. The minimum atomic E-state index is -0.0872. The van der Waals surface area contributed by atoms with Crippen molar-refractivity contribution < 1.29 is 4.79 Å². The maximum atomic E-state index is 12.0. The van der Waals surface area contributed by atoms with Crippen LogP contribution >= 0.6 is 11.6 Å². The number of rotatable bonds is 7. The van der Waals surface area contributed by atoms with E-state index in [1.807, 2.05) is 24.3 Å². The molecule has 1 aromatic carbocycles. The van der Waals surface area contributed by atoms with Crippen LogP contribution in [0.15, 0.2) is 42.6 Å². The van der Waals surface area contributed by atoms with Gasteiger partial charge in [-0.15, -0.1) is 0 Å². The van der Waals surface area contributed by atoms with E-state index in [1.165, 1.54) is 0 Å². The maximum absolute atomic E-state index is 12.0. The minimum Gasteiger partial charge on any atom is -0.366 e. The zero-order valence-corrected chi connectivity index (χ0v) is 14.2. The lowest BCUT2D eigenvalue weighted by atomic mass is 10.1. The van der Waals surface area contributed by atoms with Crippen LogP contribution in [0.1, 0.15) is 36.2 Å². The van der Waals surface area contributed by atoms with E-state index < -0.39 is 0 Å². The second-order valence-electron chi connectivity index (χ2n) is 5.82. The average molecular weight is 332 g/mol. The van der Waals surface area contributed by atoms with Crippen molar-refractivity contribution in [3.8, 4) is 0 Å². The van der Waals surface area contributed by atoms with E-state index in [2.05, 4.69) is 29.5 Å². The van der Waals surface area contributed by atoms with Gasteiger partial charge in [0.25, 0.3) is 5.91 Å². The van der Waals surface area contributed by atoms with E-state index >= 15 is 0 Å². The lowest BCUT2D eigenvalue weighted by molar-refractivity contribution is 0.0951. The number of hydrogen-bond donors (Lipinski definition) is 2. The first-order valence-corrected chi connectivity index (χ1v) is 8.15. The van der Waals surface area contributed by atoms with Crippen molar-refractivity contribution in [2.24, 2.45) is 5.92 Å². The summed E-state index contributed by atoms with van der Waals surface area (Å²) in [5.41, 5.74) is 1.57. The molecule has 5 heteroatoms. The van der Waals surface area contributed by atoms with Crippen molar-refractivity contribution in [3.05, 3.63) is 58.7 Å². The van der Waals surface area contributed by atoms with Gasteiger partial charge in [0.2, 0.25) is 0 Å². The summed E-state index contributed by atoms with van der Waals surface area (Å²) in [6, 6.07) is 11.2. The van der Waals surface area contributed by atoms with Crippen LogP contribution in [0.3, 0.4) is 0 Å². The normalized spacial score (nSPS) is 10.6. The highest BCUT2D eigenvalue weighted by Crippen LogP contribution is 2.16. The molecule has 1 aromatic heterocycles. The van der Waals surface area contributed by atoms with Crippen molar-refractivity contribution in [2.45, 2.75) is 26.8 Å². The molecule has 0 saturated carbocycles. The highest BCUT2D eigenvalue weighted by Gasteiger charge is 2.06. The first-order valence-electron chi connectivity index (χ1n) is 7.78. The molecule has 2 rings (SSSR count). The van der Waals surface area contributed by atoms with Crippen LogP contribution in [0.25, 0.3) is 0 Å². The van der Waals surface area contributed by atoms with Crippen molar-refractivity contribution in [3.63, 3.8) is 0 Å². The number of pyridine rings is 1. The van der Waals surface area contributed by atoms with E-state index in [0.29, 0.717) is 30.4 Å². The van der Waals surface area contributed by atoms with Crippen LogP contribution in [0, 0.1) is 5.92 Å². The topological polar surface area (TPSA) is 54.0 Å². The predicted octanol–water partition coefficient (Wildman–Crippen LogP) is 4.12. The van der Waals surface area contributed by atoms with Crippen molar-refractivity contribution in [1.82, 2.24) is 10.3 Å². The second kappa shape index (κ2) is 8.53. The second-order valence-corrected chi connectivity index (χ2v) is 6.22. The van der Waals surface area contributed by atoms with Crippen LogP contribution in [0.4, 0.5) is 5.82 Å². The SMILES string of the molecule is CC(C)CCNC(=O)c1ccc(NCc2ccccc2Cl)nc1. The fourth-order valence-corrected chi connectivity index (χ4v) is 2.24. The summed E-state index contributed by atoms with van der Waals surface area (Å²) in [7, 11) is 0. The molecule has 122 valence electrons. The standard InChI is InChI=1S/C18H22ClN3O/c1-13(2)9-10-20-18(23)15-7-8-17(22-12-15)21-11-14-5-3-4-6-16(14)19/h3-8,12-13H,9-11H2,1-2H3,(H,20,23)(H,21,22).